The van der Waals surface area contributed by atoms with E-state index < -0.39 is 0 Å². The van der Waals surface area contributed by atoms with Crippen LogP contribution in [0.4, 0.5) is 5.69 Å². The first-order chi connectivity index (χ1) is 6.43. The van der Waals surface area contributed by atoms with Gasteiger partial charge in [-0.3, -0.25) is 4.90 Å². The number of nitrogens with zero attached hydrogens (tertiary/aromatic N) is 1. The molecule has 1 fully saturated rings. The number of fused-ring (bicyclic) bond motifs is 2. The Morgan fingerprint density at radius 1 is 1.38 bits per heavy atom. The van der Waals surface area contributed by atoms with Crippen LogP contribution in [-0.4, -0.2) is 22.7 Å². The largest absolute Gasteiger partial charge is 0.369 e. The summed E-state index contributed by atoms with van der Waals surface area (Å²) in [6.07, 6.45) is 0.569. The summed E-state index contributed by atoms with van der Waals surface area (Å²) < 4.78 is 0. The lowest BCUT2D eigenvalue weighted by Gasteiger charge is -2.32. The van der Waals surface area contributed by atoms with Crippen molar-refractivity contribution in [3.05, 3.63) is 29.8 Å². The fourth-order valence-electron chi connectivity index (χ4n) is 1.96. The lowest BCUT2D eigenvalue weighted by atomic mass is 10.1. The summed E-state index contributed by atoms with van der Waals surface area (Å²) >= 11 is 2.01. The second-order valence-electron chi connectivity index (χ2n) is 3.56. The third-order valence-corrected chi connectivity index (χ3v) is 3.75. The van der Waals surface area contributed by atoms with Gasteiger partial charge in [-0.1, -0.05) is 18.2 Å². The quantitative estimate of drug-likeness (QED) is 0.676. The van der Waals surface area contributed by atoms with Crippen LogP contribution in [0.5, 0.6) is 0 Å². The minimum atomic E-state index is 0.569. The van der Waals surface area contributed by atoms with E-state index in [0.29, 0.717) is 6.17 Å². The zero-order valence-corrected chi connectivity index (χ0v) is 8.18. The molecule has 3 heteroatoms. The molecule has 0 saturated carbocycles. The first-order valence-electron chi connectivity index (χ1n) is 4.60. The average molecular weight is 192 g/mol. The summed E-state index contributed by atoms with van der Waals surface area (Å²) in [4.78, 5) is 2.49. The van der Waals surface area contributed by atoms with Crippen LogP contribution in [0.15, 0.2) is 24.3 Å². The van der Waals surface area contributed by atoms with Crippen molar-refractivity contribution in [2.24, 2.45) is 0 Å². The number of benzene rings is 1. The zero-order valence-electron chi connectivity index (χ0n) is 7.36. The first-order valence-corrected chi connectivity index (χ1v) is 5.75. The third kappa shape index (κ3) is 1.23. The predicted octanol–water partition coefficient (Wildman–Crippen LogP) is 1.94. The van der Waals surface area contributed by atoms with Crippen molar-refractivity contribution in [3.63, 3.8) is 0 Å². The number of hydrogen-bond acceptors (Lipinski definition) is 3. The van der Waals surface area contributed by atoms with Crippen LogP contribution < -0.4 is 5.32 Å². The highest BCUT2D eigenvalue weighted by Gasteiger charge is 2.29. The van der Waals surface area contributed by atoms with Gasteiger partial charge in [-0.2, -0.15) is 0 Å². The fourth-order valence-corrected chi connectivity index (χ4v) is 3.09. The highest BCUT2D eigenvalue weighted by Crippen LogP contribution is 2.31. The van der Waals surface area contributed by atoms with Gasteiger partial charge in [-0.05, 0) is 11.6 Å². The maximum Gasteiger partial charge on any atom is 0.0895 e. The number of para-hydroxylation sites is 1. The molecule has 2 nitrogen and oxygen atoms in total. The SMILES string of the molecule is c1ccc2c(c1)CN1CSCC1N2. The van der Waals surface area contributed by atoms with Gasteiger partial charge in [0.2, 0.25) is 0 Å². The second-order valence-corrected chi connectivity index (χ2v) is 4.56. The number of hydrogen-bond donors (Lipinski definition) is 1. The fraction of sp³-hybridized carbons (Fsp3) is 0.400. The van der Waals surface area contributed by atoms with E-state index in [2.05, 4.69) is 34.5 Å². The summed E-state index contributed by atoms with van der Waals surface area (Å²) in [5.41, 5.74) is 2.76. The van der Waals surface area contributed by atoms with Crippen molar-refractivity contribution in [1.82, 2.24) is 4.90 Å². The van der Waals surface area contributed by atoms with Crippen molar-refractivity contribution < 1.29 is 0 Å². The van der Waals surface area contributed by atoms with Gasteiger partial charge in [0.25, 0.3) is 0 Å². The van der Waals surface area contributed by atoms with Crippen molar-refractivity contribution in [2.75, 3.05) is 16.9 Å². The lowest BCUT2D eigenvalue weighted by Crippen LogP contribution is -2.40. The van der Waals surface area contributed by atoms with Gasteiger partial charge < -0.3 is 5.32 Å². The Hall–Kier alpha value is -0.670. The highest BCUT2D eigenvalue weighted by molar-refractivity contribution is 7.99. The van der Waals surface area contributed by atoms with Gasteiger partial charge in [0.1, 0.15) is 0 Å². The second kappa shape index (κ2) is 2.93. The van der Waals surface area contributed by atoms with Gasteiger partial charge >= 0.3 is 0 Å². The third-order valence-electron chi connectivity index (χ3n) is 2.69. The van der Waals surface area contributed by atoms with Gasteiger partial charge in [-0.15, -0.1) is 11.8 Å². The lowest BCUT2D eigenvalue weighted by molar-refractivity contribution is 0.269. The maximum atomic E-state index is 3.56. The molecule has 1 N–H and O–H groups in total. The molecule has 1 saturated heterocycles. The molecule has 0 spiro atoms. The number of thioether (sulfide) groups is 1. The number of rotatable bonds is 0. The van der Waals surface area contributed by atoms with Crippen molar-refractivity contribution in [1.29, 1.82) is 0 Å². The molecule has 0 amide bonds. The van der Waals surface area contributed by atoms with Crippen LogP contribution in [0, 0.1) is 0 Å². The molecule has 2 aliphatic rings. The molecule has 0 bridgehead atoms. The summed E-state index contributed by atoms with van der Waals surface area (Å²) in [6.45, 7) is 1.11. The van der Waals surface area contributed by atoms with Crippen LogP contribution in [0.1, 0.15) is 5.56 Å². The molecule has 0 aliphatic carbocycles. The topological polar surface area (TPSA) is 15.3 Å². The molecule has 2 aliphatic heterocycles. The molecule has 0 radical (unpaired) electrons. The van der Waals surface area contributed by atoms with Crippen LogP contribution >= 0.6 is 11.8 Å². The average Bonchev–Trinajstić information content (AvgIpc) is 2.61. The molecule has 68 valence electrons. The number of nitrogens with one attached hydrogen (secondary N) is 1. The van der Waals surface area contributed by atoms with Crippen LogP contribution in [0.25, 0.3) is 0 Å². The molecule has 1 atom stereocenters. The van der Waals surface area contributed by atoms with Crippen LogP contribution in [-0.2, 0) is 6.54 Å². The molecule has 3 rings (SSSR count). The predicted molar refractivity (Wildman–Crippen MR) is 56.7 cm³/mol. The summed E-state index contributed by atoms with van der Waals surface area (Å²) in [5.74, 6) is 2.39. The van der Waals surface area contributed by atoms with E-state index in [9.17, 15) is 0 Å². The van der Waals surface area contributed by atoms with Crippen molar-refractivity contribution in [2.45, 2.75) is 12.7 Å². The molecular weight excluding hydrogens is 180 g/mol. The standard InChI is InChI=1S/C10H12N2S/c1-2-4-9-8(3-1)5-12-7-13-6-10(12)11-9/h1-4,10-11H,5-7H2. The zero-order chi connectivity index (χ0) is 8.67. The van der Waals surface area contributed by atoms with Gasteiger partial charge in [-0.25, -0.2) is 0 Å². The Bertz CT molecular complexity index is 295. The van der Waals surface area contributed by atoms with Gasteiger partial charge in [0, 0.05) is 23.9 Å². The molecule has 1 aromatic carbocycles. The minimum absolute atomic E-state index is 0.569. The summed E-state index contributed by atoms with van der Waals surface area (Å²) in [6, 6.07) is 8.60. The Morgan fingerprint density at radius 3 is 3.31 bits per heavy atom. The van der Waals surface area contributed by atoms with Crippen molar-refractivity contribution >= 4 is 17.4 Å². The molecular formula is C10H12N2S. The normalized spacial score (nSPS) is 26.3. The minimum Gasteiger partial charge on any atom is -0.369 e. The van der Waals surface area contributed by atoms with E-state index in [1.165, 1.54) is 22.9 Å². The molecule has 1 aromatic rings. The van der Waals surface area contributed by atoms with E-state index in [1.807, 2.05) is 11.8 Å². The maximum absolute atomic E-state index is 3.56. The Kier molecular flexibility index (Phi) is 1.73. The van der Waals surface area contributed by atoms with Gasteiger partial charge in [0.05, 0.1) is 6.17 Å². The van der Waals surface area contributed by atoms with Gasteiger partial charge in [0.15, 0.2) is 0 Å². The summed E-state index contributed by atoms with van der Waals surface area (Å²) in [5, 5.41) is 3.56. The molecule has 13 heavy (non-hydrogen) atoms. The van der Waals surface area contributed by atoms with E-state index in [1.54, 1.807) is 0 Å². The van der Waals surface area contributed by atoms with Crippen LogP contribution in [0.2, 0.25) is 0 Å². The molecule has 1 unspecified atom stereocenters. The van der Waals surface area contributed by atoms with E-state index in [0.717, 1.165) is 6.54 Å². The van der Waals surface area contributed by atoms with E-state index in [4.69, 9.17) is 0 Å². The Morgan fingerprint density at radius 2 is 2.31 bits per heavy atom. The summed E-state index contributed by atoms with van der Waals surface area (Å²) in [7, 11) is 0. The van der Waals surface area contributed by atoms with Crippen molar-refractivity contribution in [3.8, 4) is 0 Å². The Labute approximate surface area is 82.3 Å². The van der Waals surface area contributed by atoms with E-state index in [-0.39, 0.29) is 0 Å². The van der Waals surface area contributed by atoms with Crippen LogP contribution in [0.3, 0.4) is 0 Å². The first kappa shape index (κ1) is 7.71. The molecule has 2 heterocycles. The highest BCUT2D eigenvalue weighted by atomic mass is 32.2. The van der Waals surface area contributed by atoms with E-state index >= 15 is 0 Å². The monoisotopic (exact) mass is 192 g/mol. The Balaban J connectivity index is 1.97. The molecule has 0 aromatic heterocycles. The number of anilines is 1. The smallest absolute Gasteiger partial charge is 0.0895 e.